The van der Waals surface area contributed by atoms with Crippen LogP contribution in [0.5, 0.6) is 0 Å². The van der Waals surface area contributed by atoms with E-state index in [0.29, 0.717) is 0 Å². The molecule has 0 radical (unpaired) electrons. The van der Waals surface area contributed by atoms with Gasteiger partial charge in [0.05, 0.1) is 35.9 Å². The third-order valence-corrected chi connectivity index (χ3v) is 2.53. The summed E-state index contributed by atoms with van der Waals surface area (Å²) in [7, 11) is 0. The Labute approximate surface area is 85.9 Å². The van der Waals surface area contributed by atoms with Crippen LogP contribution in [0, 0.1) is 0 Å². The van der Waals surface area contributed by atoms with Gasteiger partial charge in [0.15, 0.2) is 0 Å². The van der Waals surface area contributed by atoms with E-state index < -0.39 is 0 Å². The summed E-state index contributed by atoms with van der Waals surface area (Å²) < 4.78 is 9.86. The molecule has 2 rings (SSSR count). The zero-order chi connectivity index (χ0) is 9.97. The highest BCUT2D eigenvalue weighted by atomic mass is 32.1. The zero-order valence-corrected chi connectivity index (χ0v) is 8.61. The molecule has 0 spiro atoms. The van der Waals surface area contributed by atoms with Crippen LogP contribution in [0.25, 0.3) is 0 Å². The SMILES string of the molecule is CCn1cc(C(N)c2cnsn2)cn1. The van der Waals surface area contributed by atoms with Gasteiger partial charge in [0.25, 0.3) is 0 Å². The van der Waals surface area contributed by atoms with Crippen molar-refractivity contribution in [2.45, 2.75) is 19.5 Å². The Morgan fingerprint density at radius 3 is 3.00 bits per heavy atom. The average Bonchev–Trinajstić information content (AvgIpc) is 2.88. The summed E-state index contributed by atoms with van der Waals surface area (Å²) in [5, 5.41) is 4.16. The number of hydrogen-bond donors (Lipinski definition) is 1. The third kappa shape index (κ3) is 1.66. The summed E-state index contributed by atoms with van der Waals surface area (Å²) >= 11 is 1.17. The maximum Gasteiger partial charge on any atom is 0.0956 e. The highest BCUT2D eigenvalue weighted by Gasteiger charge is 2.13. The van der Waals surface area contributed by atoms with E-state index in [9.17, 15) is 0 Å². The summed E-state index contributed by atoms with van der Waals surface area (Å²) in [5.74, 6) is 0. The van der Waals surface area contributed by atoms with Crippen LogP contribution in [0.4, 0.5) is 0 Å². The lowest BCUT2D eigenvalue weighted by Crippen LogP contribution is -2.11. The van der Waals surface area contributed by atoms with Gasteiger partial charge >= 0.3 is 0 Å². The van der Waals surface area contributed by atoms with E-state index >= 15 is 0 Å². The summed E-state index contributed by atoms with van der Waals surface area (Å²) in [6.45, 7) is 2.88. The third-order valence-electron chi connectivity index (χ3n) is 2.03. The maximum absolute atomic E-state index is 5.98. The Morgan fingerprint density at radius 1 is 1.57 bits per heavy atom. The quantitative estimate of drug-likeness (QED) is 0.811. The first-order valence-electron chi connectivity index (χ1n) is 4.36. The van der Waals surface area contributed by atoms with Crippen LogP contribution in [0.3, 0.4) is 0 Å². The lowest BCUT2D eigenvalue weighted by molar-refractivity contribution is 0.658. The van der Waals surface area contributed by atoms with E-state index in [2.05, 4.69) is 13.8 Å². The minimum absolute atomic E-state index is 0.214. The van der Waals surface area contributed by atoms with Crippen molar-refractivity contribution in [3.8, 4) is 0 Å². The predicted molar refractivity (Wildman–Crippen MR) is 53.8 cm³/mol. The molecule has 2 aromatic rings. The van der Waals surface area contributed by atoms with Gasteiger partial charge < -0.3 is 5.73 Å². The number of nitrogens with two attached hydrogens (primary N) is 1. The summed E-state index contributed by atoms with van der Waals surface area (Å²) in [6, 6.07) is -0.214. The van der Waals surface area contributed by atoms with Gasteiger partial charge in [-0.3, -0.25) is 4.68 Å². The second kappa shape index (κ2) is 3.85. The first kappa shape index (κ1) is 9.29. The fourth-order valence-corrected chi connectivity index (χ4v) is 1.65. The van der Waals surface area contributed by atoms with Crippen molar-refractivity contribution < 1.29 is 0 Å². The summed E-state index contributed by atoms with van der Waals surface area (Å²) in [5.41, 5.74) is 7.75. The van der Waals surface area contributed by atoms with Gasteiger partial charge in [0.2, 0.25) is 0 Å². The lowest BCUT2D eigenvalue weighted by Gasteiger charge is -2.03. The van der Waals surface area contributed by atoms with Gasteiger partial charge in [-0.1, -0.05) is 0 Å². The minimum atomic E-state index is -0.214. The van der Waals surface area contributed by atoms with Gasteiger partial charge in [-0.15, -0.1) is 0 Å². The van der Waals surface area contributed by atoms with Gasteiger partial charge in [-0.2, -0.15) is 13.8 Å². The predicted octanol–water partition coefficient (Wildman–Crippen LogP) is 0.803. The zero-order valence-electron chi connectivity index (χ0n) is 7.79. The molecule has 74 valence electrons. The van der Waals surface area contributed by atoms with Gasteiger partial charge in [0.1, 0.15) is 0 Å². The molecule has 0 aliphatic rings. The number of hydrogen-bond acceptors (Lipinski definition) is 5. The van der Waals surface area contributed by atoms with Crippen molar-refractivity contribution >= 4 is 11.7 Å². The molecule has 0 aromatic carbocycles. The smallest absolute Gasteiger partial charge is 0.0956 e. The molecular formula is C8H11N5S. The monoisotopic (exact) mass is 209 g/mol. The fraction of sp³-hybridized carbons (Fsp3) is 0.375. The molecule has 1 atom stereocenters. The van der Waals surface area contributed by atoms with E-state index in [1.54, 1.807) is 12.4 Å². The molecule has 14 heavy (non-hydrogen) atoms. The largest absolute Gasteiger partial charge is 0.319 e. The topological polar surface area (TPSA) is 69.6 Å². The van der Waals surface area contributed by atoms with Crippen LogP contribution in [0.1, 0.15) is 24.2 Å². The van der Waals surface area contributed by atoms with Crippen molar-refractivity contribution in [3.63, 3.8) is 0 Å². The highest BCUT2D eigenvalue weighted by Crippen LogP contribution is 2.16. The Balaban J connectivity index is 2.23. The first-order chi connectivity index (χ1) is 6.81. The van der Waals surface area contributed by atoms with E-state index in [-0.39, 0.29) is 6.04 Å². The minimum Gasteiger partial charge on any atom is -0.319 e. The van der Waals surface area contributed by atoms with E-state index in [4.69, 9.17) is 5.73 Å². The molecule has 0 amide bonds. The van der Waals surface area contributed by atoms with Crippen molar-refractivity contribution in [2.24, 2.45) is 5.73 Å². The molecule has 0 bridgehead atoms. The fourth-order valence-electron chi connectivity index (χ4n) is 1.19. The molecule has 2 aromatic heterocycles. The van der Waals surface area contributed by atoms with Crippen molar-refractivity contribution in [1.82, 2.24) is 18.5 Å². The molecule has 2 N–H and O–H groups in total. The molecule has 0 aliphatic carbocycles. The van der Waals surface area contributed by atoms with Crippen LogP contribution in [-0.4, -0.2) is 18.5 Å². The van der Waals surface area contributed by atoms with Gasteiger partial charge in [-0.05, 0) is 6.92 Å². The first-order valence-corrected chi connectivity index (χ1v) is 5.09. The average molecular weight is 209 g/mol. The number of rotatable bonds is 3. The van der Waals surface area contributed by atoms with Gasteiger partial charge in [-0.25, -0.2) is 0 Å². The number of aryl methyl sites for hydroxylation is 1. The molecule has 0 saturated carbocycles. The van der Waals surface area contributed by atoms with Gasteiger partial charge in [0, 0.05) is 18.3 Å². The standard InChI is InChI=1S/C8H11N5S/c1-2-13-5-6(3-10-13)8(9)7-4-11-14-12-7/h3-5,8H,2,9H2,1H3. The molecule has 6 heteroatoms. The second-order valence-electron chi connectivity index (χ2n) is 2.94. The molecule has 0 fully saturated rings. The van der Waals surface area contributed by atoms with E-state index in [0.717, 1.165) is 17.8 Å². The van der Waals surface area contributed by atoms with Crippen molar-refractivity contribution in [3.05, 3.63) is 29.8 Å². The molecule has 1 unspecified atom stereocenters. The highest BCUT2D eigenvalue weighted by molar-refractivity contribution is 6.99. The Kier molecular flexibility index (Phi) is 2.55. The Hall–Kier alpha value is -1.27. The molecule has 0 aliphatic heterocycles. The van der Waals surface area contributed by atoms with E-state index in [1.807, 2.05) is 17.8 Å². The van der Waals surface area contributed by atoms with Crippen LogP contribution in [-0.2, 0) is 6.54 Å². The Morgan fingerprint density at radius 2 is 2.43 bits per heavy atom. The maximum atomic E-state index is 5.98. The second-order valence-corrected chi connectivity index (χ2v) is 3.50. The summed E-state index contributed by atoms with van der Waals surface area (Å²) in [4.78, 5) is 0. The Bertz CT molecular complexity index is 394. The number of nitrogens with zero attached hydrogens (tertiary/aromatic N) is 4. The van der Waals surface area contributed by atoms with Crippen LogP contribution < -0.4 is 5.73 Å². The number of aromatic nitrogens is 4. The van der Waals surface area contributed by atoms with Crippen LogP contribution in [0.2, 0.25) is 0 Å². The molecule has 5 nitrogen and oxygen atoms in total. The van der Waals surface area contributed by atoms with Crippen LogP contribution in [0.15, 0.2) is 18.6 Å². The van der Waals surface area contributed by atoms with Crippen molar-refractivity contribution in [1.29, 1.82) is 0 Å². The van der Waals surface area contributed by atoms with Crippen molar-refractivity contribution in [2.75, 3.05) is 0 Å². The lowest BCUT2D eigenvalue weighted by atomic mass is 10.1. The normalized spacial score (nSPS) is 13.0. The van der Waals surface area contributed by atoms with E-state index in [1.165, 1.54) is 11.7 Å². The summed E-state index contributed by atoms with van der Waals surface area (Å²) in [6.07, 6.45) is 5.40. The molecular weight excluding hydrogens is 198 g/mol. The molecule has 2 heterocycles. The molecule has 0 saturated heterocycles. The van der Waals surface area contributed by atoms with Crippen LogP contribution >= 0.6 is 11.7 Å².